The Balaban J connectivity index is 1.64. The van der Waals surface area contributed by atoms with Crippen LogP contribution >= 0.6 is 0 Å². The fourth-order valence-corrected chi connectivity index (χ4v) is 2.39. The Hall–Kier alpha value is -3.22. The Morgan fingerprint density at radius 2 is 1.64 bits per heavy atom. The Morgan fingerprint density at radius 1 is 0.964 bits per heavy atom. The highest BCUT2D eigenvalue weighted by Crippen LogP contribution is 2.13. The number of aryl methyl sites for hydroxylation is 1. The van der Waals surface area contributed by atoms with Gasteiger partial charge in [0.25, 0.3) is 11.8 Å². The summed E-state index contributed by atoms with van der Waals surface area (Å²) in [5, 5.41) is 5.15. The van der Waals surface area contributed by atoms with Crippen LogP contribution in [0.15, 0.2) is 48.5 Å². The number of Topliss-reactive ketones (excluding diaryl/α,β-unsaturated/α-hetero) is 1. The number of ketones is 1. The molecule has 0 aromatic heterocycles. The van der Waals surface area contributed by atoms with Crippen LogP contribution in [0.25, 0.3) is 0 Å². The van der Waals surface area contributed by atoms with Gasteiger partial charge in [-0.1, -0.05) is 24.3 Å². The number of carbonyl (C=O) groups excluding carboxylic acids is 3. The summed E-state index contributed by atoms with van der Waals surface area (Å²) in [5.74, 6) is -0.768. The summed E-state index contributed by atoms with van der Waals surface area (Å²) in [5.41, 5.74) is 0.988. The lowest BCUT2D eigenvalue weighted by Crippen LogP contribution is -2.37. The molecule has 2 aromatic rings. The van der Waals surface area contributed by atoms with E-state index in [2.05, 4.69) is 10.6 Å². The van der Waals surface area contributed by atoms with Crippen LogP contribution in [0.5, 0.6) is 5.75 Å². The molecule has 0 bridgehead atoms. The molecule has 0 heterocycles. The molecular formula is C21H23FN2O4. The zero-order valence-electron chi connectivity index (χ0n) is 15.7. The molecule has 28 heavy (non-hydrogen) atoms. The zero-order chi connectivity index (χ0) is 20.4. The SMILES string of the molecule is CC(=O)CCc1ccc(OCC(=O)NCCNC(=O)c2ccccc2F)cc1. The molecule has 6 nitrogen and oxygen atoms in total. The van der Waals surface area contributed by atoms with Crippen molar-refractivity contribution in [1.82, 2.24) is 10.6 Å². The van der Waals surface area contributed by atoms with Crippen LogP contribution in [-0.4, -0.2) is 37.3 Å². The molecule has 0 radical (unpaired) electrons. The van der Waals surface area contributed by atoms with Gasteiger partial charge in [-0.05, 0) is 43.2 Å². The van der Waals surface area contributed by atoms with Gasteiger partial charge in [0.05, 0.1) is 5.56 Å². The van der Waals surface area contributed by atoms with Crippen molar-refractivity contribution in [2.45, 2.75) is 19.8 Å². The van der Waals surface area contributed by atoms with E-state index < -0.39 is 11.7 Å². The van der Waals surface area contributed by atoms with Gasteiger partial charge in [-0.15, -0.1) is 0 Å². The fourth-order valence-electron chi connectivity index (χ4n) is 2.39. The summed E-state index contributed by atoms with van der Waals surface area (Å²) < 4.78 is 18.9. The molecule has 0 aliphatic rings. The van der Waals surface area contributed by atoms with Crippen molar-refractivity contribution in [3.05, 3.63) is 65.5 Å². The summed E-state index contributed by atoms with van der Waals surface area (Å²) in [6, 6.07) is 12.9. The standard InChI is InChI=1S/C21H23FN2O4/c1-15(25)6-7-16-8-10-17(11-9-16)28-14-20(26)23-12-13-24-21(27)18-4-2-3-5-19(18)22/h2-5,8-11H,6-7,12-14H2,1H3,(H,23,26)(H,24,27). The minimum atomic E-state index is -0.593. The lowest BCUT2D eigenvalue weighted by atomic mass is 10.1. The van der Waals surface area contributed by atoms with Crippen LogP contribution in [-0.2, 0) is 16.0 Å². The van der Waals surface area contributed by atoms with E-state index in [0.29, 0.717) is 18.6 Å². The van der Waals surface area contributed by atoms with Gasteiger partial charge in [-0.3, -0.25) is 9.59 Å². The Morgan fingerprint density at radius 3 is 2.32 bits per heavy atom. The second kappa shape index (κ2) is 10.8. The maximum atomic E-state index is 13.5. The van der Waals surface area contributed by atoms with Crippen LogP contribution in [0.1, 0.15) is 29.3 Å². The lowest BCUT2D eigenvalue weighted by molar-refractivity contribution is -0.123. The predicted molar refractivity (Wildman–Crippen MR) is 103 cm³/mol. The van der Waals surface area contributed by atoms with Crippen molar-refractivity contribution in [2.24, 2.45) is 0 Å². The van der Waals surface area contributed by atoms with Crippen molar-refractivity contribution in [2.75, 3.05) is 19.7 Å². The molecule has 2 rings (SSSR count). The maximum absolute atomic E-state index is 13.5. The third-order valence-electron chi connectivity index (χ3n) is 3.91. The smallest absolute Gasteiger partial charge is 0.258 e. The van der Waals surface area contributed by atoms with Gasteiger partial charge in [0, 0.05) is 19.5 Å². The second-order valence-corrected chi connectivity index (χ2v) is 6.22. The molecule has 7 heteroatoms. The number of hydrogen-bond acceptors (Lipinski definition) is 4. The van der Waals surface area contributed by atoms with Gasteiger partial charge < -0.3 is 20.2 Å². The van der Waals surface area contributed by atoms with Crippen LogP contribution < -0.4 is 15.4 Å². The minimum Gasteiger partial charge on any atom is -0.484 e. The molecule has 0 spiro atoms. The molecule has 0 unspecified atom stereocenters. The number of hydrogen-bond donors (Lipinski definition) is 2. The van der Waals surface area contributed by atoms with E-state index >= 15 is 0 Å². The van der Waals surface area contributed by atoms with Gasteiger partial charge in [0.15, 0.2) is 6.61 Å². The van der Waals surface area contributed by atoms with Crippen molar-refractivity contribution >= 4 is 17.6 Å². The predicted octanol–water partition coefficient (Wildman–Crippen LogP) is 2.27. The van der Waals surface area contributed by atoms with Crippen LogP contribution in [0.2, 0.25) is 0 Å². The molecule has 0 saturated heterocycles. The topological polar surface area (TPSA) is 84.5 Å². The summed E-state index contributed by atoms with van der Waals surface area (Å²) in [7, 11) is 0. The summed E-state index contributed by atoms with van der Waals surface area (Å²) >= 11 is 0. The highest BCUT2D eigenvalue weighted by molar-refractivity contribution is 5.94. The van der Waals surface area contributed by atoms with Crippen molar-refractivity contribution in [3.63, 3.8) is 0 Å². The fraction of sp³-hybridized carbons (Fsp3) is 0.286. The van der Waals surface area contributed by atoms with Gasteiger partial charge in [0.2, 0.25) is 0 Å². The Bertz CT molecular complexity index is 821. The molecular weight excluding hydrogens is 363 g/mol. The van der Waals surface area contributed by atoms with E-state index in [1.54, 1.807) is 25.1 Å². The van der Waals surface area contributed by atoms with Crippen molar-refractivity contribution in [3.8, 4) is 5.75 Å². The van der Waals surface area contributed by atoms with Crippen LogP contribution in [0.3, 0.4) is 0 Å². The first-order valence-electron chi connectivity index (χ1n) is 8.96. The lowest BCUT2D eigenvalue weighted by Gasteiger charge is -2.09. The van der Waals surface area contributed by atoms with Crippen LogP contribution in [0, 0.1) is 5.82 Å². The monoisotopic (exact) mass is 386 g/mol. The molecule has 2 aromatic carbocycles. The number of carbonyl (C=O) groups is 3. The number of halogens is 1. The molecule has 0 fully saturated rings. The van der Waals surface area contributed by atoms with Gasteiger partial charge in [-0.2, -0.15) is 0 Å². The first-order chi connectivity index (χ1) is 13.5. The summed E-state index contributed by atoms with van der Waals surface area (Å²) in [4.78, 5) is 34.6. The molecule has 148 valence electrons. The maximum Gasteiger partial charge on any atom is 0.258 e. The van der Waals surface area contributed by atoms with E-state index in [9.17, 15) is 18.8 Å². The first kappa shape index (κ1) is 21.1. The minimum absolute atomic E-state index is 0.0380. The van der Waals surface area contributed by atoms with E-state index in [1.165, 1.54) is 18.2 Å². The molecule has 2 N–H and O–H groups in total. The van der Waals surface area contributed by atoms with E-state index in [0.717, 1.165) is 5.56 Å². The number of amides is 2. The number of benzene rings is 2. The summed E-state index contributed by atoms with van der Waals surface area (Å²) in [6.45, 7) is 1.77. The average molecular weight is 386 g/mol. The number of ether oxygens (including phenoxy) is 1. The molecule has 0 aliphatic heterocycles. The van der Waals surface area contributed by atoms with Gasteiger partial charge in [-0.25, -0.2) is 4.39 Å². The number of rotatable bonds is 10. The van der Waals surface area contributed by atoms with E-state index in [4.69, 9.17) is 4.74 Å². The van der Waals surface area contributed by atoms with Crippen LogP contribution in [0.4, 0.5) is 4.39 Å². The quantitative estimate of drug-likeness (QED) is 0.614. The Kier molecular flexibility index (Phi) is 8.14. The number of nitrogens with one attached hydrogen (secondary N) is 2. The largest absolute Gasteiger partial charge is 0.484 e. The molecule has 2 amide bonds. The Labute approximate surface area is 163 Å². The zero-order valence-corrected chi connectivity index (χ0v) is 15.7. The third-order valence-corrected chi connectivity index (χ3v) is 3.91. The van der Waals surface area contributed by atoms with Gasteiger partial charge >= 0.3 is 0 Å². The first-order valence-corrected chi connectivity index (χ1v) is 8.96. The molecule has 0 atom stereocenters. The average Bonchev–Trinajstić information content (AvgIpc) is 2.69. The van der Waals surface area contributed by atoms with Crippen molar-refractivity contribution in [1.29, 1.82) is 0 Å². The molecule has 0 saturated carbocycles. The van der Waals surface area contributed by atoms with E-state index in [1.807, 2.05) is 12.1 Å². The normalized spacial score (nSPS) is 10.2. The highest BCUT2D eigenvalue weighted by atomic mass is 19.1. The third kappa shape index (κ3) is 7.19. The summed E-state index contributed by atoms with van der Waals surface area (Å²) in [6.07, 6.45) is 1.17. The highest BCUT2D eigenvalue weighted by Gasteiger charge is 2.10. The van der Waals surface area contributed by atoms with Crippen molar-refractivity contribution < 1.29 is 23.5 Å². The van der Waals surface area contributed by atoms with Gasteiger partial charge in [0.1, 0.15) is 17.3 Å². The second-order valence-electron chi connectivity index (χ2n) is 6.22. The molecule has 0 aliphatic carbocycles. The van der Waals surface area contributed by atoms with E-state index in [-0.39, 0.29) is 37.0 Å².